The van der Waals surface area contributed by atoms with Crippen molar-refractivity contribution in [2.24, 2.45) is 0 Å². The van der Waals surface area contributed by atoms with Gasteiger partial charge in [0.05, 0.1) is 18.5 Å². The van der Waals surface area contributed by atoms with Gasteiger partial charge in [-0.25, -0.2) is 4.39 Å². The first-order valence-electron chi connectivity index (χ1n) is 6.57. The standard InChI is InChI=1S/C14H21FN2O/c1-3-10-6-4-5-7-17(10)13-9-14(18-2)12(16)8-11(13)15/h8-10H,3-7,16H2,1-2H3. The number of hydrogen-bond donors (Lipinski definition) is 1. The number of hydrogen-bond acceptors (Lipinski definition) is 3. The Hall–Kier alpha value is -1.45. The third-order valence-corrected chi connectivity index (χ3v) is 3.71. The minimum Gasteiger partial charge on any atom is -0.495 e. The molecule has 2 N–H and O–H groups in total. The van der Waals surface area contributed by atoms with Crippen LogP contribution in [0.3, 0.4) is 0 Å². The monoisotopic (exact) mass is 252 g/mol. The molecule has 2 rings (SSSR count). The van der Waals surface area contributed by atoms with Gasteiger partial charge in [0.1, 0.15) is 11.6 Å². The van der Waals surface area contributed by atoms with Crippen LogP contribution in [0.2, 0.25) is 0 Å². The number of methoxy groups -OCH3 is 1. The van der Waals surface area contributed by atoms with Gasteiger partial charge in [0.2, 0.25) is 0 Å². The van der Waals surface area contributed by atoms with Gasteiger partial charge in [0, 0.05) is 24.7 Å². The van der Waals surface area contributed by atoms with Crippen LogP contribution in [-0.4, -0.2) is 19.7 Å². The Labute approximate surface area is 108 Å². The molecule has 0 bridgehead atoms. The van der Waals surface area contributed by atoms with E-state index in [0.717, 1.165) is 25.8 Å². The first-order valence-corrected chi connectivity index (χ1v) is 6.57. The Morgan fingerprint density at radius 2 is 2.22 bits per heavy atom. The lowest BCUT2D eigenvalue weighted by molar-refractivity contribution is 0.412. The van der Waals surface area contributed by atoms with Crippen LogP contribution in [0, 0.1) is 5.82 Å². The molecule has 0 aromatic heterocycles. The van der Waals surface area contributed by atoms with Gasteiger partial charge in [-0.2, -0.15) is 0 Å². The zero-order chi connectivity index (χ0) is 13.1. The Morgan fingerprint density at radius 1 is 1.44 bits per heavy atom. The quantitative estimate of drug-likeness (QED) is 0.840. The van der Waals surface area contributed by atoms with E-state index >= 15 is 0 Å². The molecule has 1 atom stereocenters. The number of benzene rings is 1. The molecule has 1 aromatic rings. The topological polar surface area (TPSA) is 38.5 Å². The zero-order valence-corrected chi connectivity index (χ0v) is 11.1. The summed E-state index contributed by atoms with van der Waals surface area (Å²) in [4.78, 5) is 2.15. The Kier molecular flexibility index (Phi) is 3.94. The van der Waals surface area contributed by atoms with Gasteiger partial charge in [0.15, 0.2) is 0 Å². The number of ether oxygens (including phenoxy) is 1. The smallest absolute Gasteiger partial charge is 0.148 e. The second-order valence-corrected chi connectivity index (χ2v) is 4.80. The van der Waals surface area contributed by atoms with E-state index in [9.17, 15) is 4.39 Å². The molecule has 0 radical (unpaired) electrons. The van der Waals surface area contributed by atoms with Crippen molar-refractivity contribution in [3.05, 3.63) is 17.9 Å². The molecule has 0 aliphatic carbocycles. The molecule has 1 heterocycles. The van der Waals surface area contributed by atoms with E-state index in [0.29, 0.717) is 23.2 Å². The number of nitrogens with zero attached hydrogens (tertiary/aromatic N) is 1. The molecule has 0 saturated carbocycles. The summed E-state index contributed by atoms with van der Waals surface area (Å²) < 4.78 is 19.3. The van der Waals surface area contributed by atoms with Gasteiger partial charge in [-0.3, -0.25) is 0 Å². The summed E-state index contributed by atoms with van der Waals surface area (Å²) in [6.45, 7) is 3.05. The molecule has 18 heavy (non-hydrogen) atoms. The van der Waals surface area contributed by atoms with Crippen LogP contribution in [0.15, 0.2) is 12.1 Å². The lowest BCUT2D eigenvalue weighted by atomic mass is 9.99. The number of nitrogens with two attached hydrogens (primary N) is 1. The van der Waals surface area contributed by atoms with Crippen LogP contribution in [-0.2, 0) is 0 Å². The summed E-state index contributed by atoms with van der Waals surface area (Å²) >= 11 is 0. The molecule has 1 aromatic carbocycles. The lowest BCUT2D eigenvalue weighted by Crippen LogP contribution is -2.39. The highest BCUT2D eigenvalue weighted by Crippen LogP contribution is 2.34. The fourth-order valence-corrected chi connectivity index (χ4v) is 2.70. The normalized spacial score (nSPS) is 19.9. The van der Waals surface area contributed by atoms with E-state index in [-0.39, 0.29) is 5.82 Å². The van der Waals surface area contributed by atoms with E-state index in [1.807, 2.05) is 0 Å². The van der Waals surface area contributed by atoms with Crippen molar-refractivity contribution in [1.29, 1.82) is 0 Å². The first kappa shape index (κ1) is 13.0. The molecule has 1 saturated heterocycles. The molecule has 1 unspecified atom stereocenters. The van der Waals surface area contributed by atoms with Crippen molar-refractivity contribution in [3.63, 3.8) is 0 Å². The van der Waals surface area contributed by atoms with Crippen LogP contribution in [0.4, 0.5) is 15.8 Å². The summed E-state index contributed by atoms with van der Waals surface area (Å²) in [7, 11) is 1.56. The molecule has 1 aliphatic heterocycles. The van der Waals surface area contributed by atoms with Crippen LogP contribution < -0.4 is 15.4 Å². The highest BCUT2D eigenvalue weighted by atomic mass is 19.1. The largest absolute Gasteiger partial charge is 0.495 e. The zero-order valence-electron chi connectivity index (χ0n) is 11.1. The molecular weight excluding hydrogens is 231 g/mol. The molecule has 0 amide bonds. The summed E-state index contributed by atoms with van der Waals surface area (Å²) in [5.41, 5.74) is 6.68. The predicted molar refractivity (Wildman–Crippen MR) is 72.6 cm³/mol. The summed E-state index contributed by atoms with van der Waals surface area (Å²) in [5.74, 6) is 0.292. The second-order valence-electron chi connectivity index (χ2n) is 4.80. The number of halogens is 1. The number of rotatable bonds is 3. The Balaban J connectivity index is 2.36. The van der Waals surface area contributed by atoms with Crippen molar-refractivity contribution >= 4 is 11.4 Å². The third-order valence-electron chi connectivity index (χ3n) is 3.71. The number of nitrogen functional groups attached to an aromatic ring is 1. The Morgan fingerprint density at radius 3 is 2.89 bits per heavy atom. The van der Waals surface area contributed by atoms with Crippen LogP contribution in [0.1, 0.15) is 32.6 Å². The maximum Gasteiger partial charge on any atom is 0.148 e. The summed E-state index contributed by atoms with van der Waals surface area (Å²) in [5, 5.41) is 0. The van der Waals surface area contributed by atoms with Gasteiger partial charge in [-0.15, -0.1) is 0 Å². The maximum absolute atomic E-state index is 14.1. The highest BCUT2D eigenvalue weighted by Gasteiger charge is 2.24. The van der Waals surface area contributed by atoms with Crippen molar-refractivity contribution in [2.45, 2.75) is 38.6 Å². The average molecular weight is 252 g/mol. The van der Waals surface area contributed by atoms with Gasteiger partial charge >= 0.3 is 0 Å². The molecule has 1 aliphatic rings. The molecule has 0 spiro atoms. The van der Waals surface area contributed by atoms with Gasteiger partial charge in [-0.1, -0.05) is 6.92 Å². The number of anilines is 2. The average Bonchev–Trinajstić information content (AvgIpc) is 2.39. The molecule has 3 nitrogen and oxygen atoms in total. The first-order chi connectivity index (χ1) is 8.67. The second kappa shape index (κ2) is 5.46. The highest BCUT2D eigenvalue weighted by molar-refractivity contribution is 5.63. The van der Waals surface area contributed by atoms with E-state index in [1.54, 1.807) is 13.2 Å². The maximum atomic E-state index is 14.1. The third kappa shape index (κ3) is 2.37. The molecular formula is C14H21FN2O. The van der Waals surface area contributed by atoms with Gasteiger partial charge in [0.25, 0.3) is 0 Å². The van der Waals surface area contributed by atoms with Crippen molar-refractivity contribution in [2.75, 3.05) is 24.3 Å². The van der Waals surface area contributed by atoms with Crippen LogP contribution in [0.25, 0.3) is 0 Å². The van der Waals surface area contributed by atoms with Crippen molar-refractivity contribution in [1.82, 2.24) is 0 Å². The minimum absolute atomic E-state index is 0.256. The van der Waals surface area contributed by atoms with E-state index in [1.165, 1.54) is 12.5 Å². The van der Waals surface area contributed by atoms with Crippen molar-refractivity contribution < 1.29 is 9.13 Å². The minimum atomic E-state index is -0.256. The molecule has 4 heteroatoms. The number of piperidine rings is 1. The summed E-state index contributed by atoms with van der Waals surface area (Å²) in [6.07, 6.45) is 4.50. The van der Waals surface area contributed by atoms with E-state index in [4.69, 9.17) is 10.5 Å². The van der Waals surface area contributed by atoms with E-state index in [2.05, 4.69) is 11.8 Å². The molecule has 1 fully saturated rings. The SMILES string of the molecule is CCC1CCCCN1c1cc(OC)c(N)cc1F. The fourth-order valence-electron chi connectivity index (χ4n) is 2.70. The van der Waals surface area contributed by atoms with Crippen LogP contribution in [0.5, 0.6) is 5.75 Å². The van der Waals surface area contributed by atoms with E-state index < -0.39 is 0 Å². The Bertz CT molecular complexity index is 423. The van der Waals surface area contributed by atoms with Crippen LogP contribution >= 0.6 is 0 Å². The summed E-state index contributed by atoms with van der Waals surface area (Å²) in [6, 6.07) is 3.50. The predicted octanol–water partition coefficient (Wildman–Crippen LogP) is 3.19. The molecule has 100 valence electrons. The van der Waals surface area contributed by atoms with Crippen molar-refractivity contribution in [3.8, 4) is 5.75 Å². The van der Waals surface area contributed by atoms with Gasteiger partial charge < -0.3 is 15.4 Å². The fraction of sp³-hybridized carbons (Fsp3) is 0.571. The van der Waals surface area contributed by atoms with Gasteiger partial charge in [-0.05, 0) is 25.7 Å². The lowest BCUT2D eigenvalue weighted by Gasteiger charge is -2.37.